The molecule has 2 aromatic heterocycles. The average Bonchev–Trinajstić information content (AvgIpc) is 2.99. The minimum atomic E-state index is -1.01. The van der Waals surface area contributed by atoms with Crippen molar-refractivity contribution in [3.8, 4) is 11.4 Å². The van der Waals surface area contributed by atoms with Gasteiger partial charge in [0.15, 0.2) is 17.5 Å². The van der Waals surface area contributed by atoms with Gasteiger partial charge in [0.05, 0.1) is 18.1 Å². The first-order chi connectivity index (χ1) is 13.1. The van der Waals surface area contributed by atoms with Gasteiger partial charge in [0, 0.05) is 28.2 Å². The summed E-state index contributed by atoms with van der Waals surface area (Å²) >= 11 is 5.94. The van der Waals surface area contributed by atoms with E-state index >= 15 is 0 Å². The van der Waals surface area contributed by atoms with Crippen LogP contribution in [0.25, 0.3) is 22.3 Å². The molecule has 9 heteroatoms. The minimum absolute atomic E-state index is 0.122. The zero-order valence-electron chi connectivity index (χ0n) is 15.5. The second-order valence-corrected chi connectivity index (χ2v) is 8.00. The van der Waals surface area contributed by atoms with E-state index in [0.29, 0.717) is 10.9 Å². The standard InChI is InChI=1S/C19H19ClF2N4O2/c1-19(2,3)14(6-15(27)28)25-18-13(22)8-24-17(26-18)11-7-23-16-10(11)4-9(20)5-12(16)21/h4-5,7-8,14,23H,6H2,1-3H3,(H,27,28)(H,24,25,26)/t14-/m0/s1. The van der Waals surface area contributed by atoms with Gasteiger partial charge in [-0.3, -0.25) is 4.79 Å². The number of anilines is 1. The highest BCUT2D eigenvalue weighted by atomic mass is 35.5. The summed E-state index contributed by atoms with van der Waals surface area (Å²) in [6, 6.07) is 2.17. The molecule has 1 atom stereocenters. The highest BCUT2D eigenvalue weighted by molar-refractivity contribution is 6.31. The second kappa shape index (κ2) is 7.35. The van der Waals surface area contributed by atoms with Crippen molar-refractivity contribution in [2.45, 2.75) is 33.2 Å². The van der Waals surface area contributed by atoms with Crippen LogP contribution in [0.4, 0.5) is 14.6 Å². The summed E-state index contributed by atoms with van der Waals surface area (Å²) in [4.78, 5) is 22.2. The second-order valence-electron chi connectivity index (χ2n) is 7.56. The molecule has 0 aliphatic carbocycles. The highest BCUT2D eigenvalue weighted by Gasteiger charge is 2.28. The van der Waals surface area contributed by atoms with Gasteiger partial charge in [-0.15, -0.1) is 0 Å². The van der Waals surface area contributed by atoms with E-state index < -0.39 is 29.1 Å². The van der Waals surface area contributed by atoms with E-state index in [9.17, 15) is 13.6 Å². The Bertz CT molecular complexity index is 1050. The van der Waals surface area contributed by atoms with E-state index in [0.717, 1.165) is 6.20 Å². The fourth-order valence-corrected chi connectivity index (χ4v) is 3.06. The lowest BCUT2D eigenvalue weighted by Crippen LogP contribution is -2.36. The van der Waals surface area contributed by atoms with Gasteiger partial charge in [0.25, 0.3) is 0 Å². The van der Waals surface area contributed by atoms with E-state index in [1.807, 2.05) is 20.8 Å². The van der Waals surface area contributed by atoms with E-state index in [2.05, 4.69) is 20.3 Å². The van der Waals surface area contributed by atoms with Gasteiger partial charge < -0.3 is 15.4 Å². The first-order valence-corrected chi connectivity index (χ1v) is 8.91. The number of benzene rings is 1. The van der Waals surface area contributed by atoms with Crippen molar-refractivity contribution in [2.24, 2.45) is 5.41 Å². The van der Waals surface area contributed by atoms with E-state index in [1.165, 1.54) is 12.3 Å². The van der Waals surface area contributed by atoms with E-state index in [-0.39, 0.29) is 28.6 Å². The largest absolute Gasteiger partial charge is 0.481 e. The monoisotopic (exact) mass is 408 g/mol. The minimum Gasteiger partial charge on any atom is -0.481 e. The quantitative estimate of drug-likeness (QED) is 0.561. The zero-order valence-corrected chi connectivity index (χ0v) is 16.2. The number of hydrogen-bond acceptors (Lipinski definition) is 4. The van der Waals surface area contributed by atoms with Crippen LogP contribution in [0, 0.1) is 17.0 Å². The van der Waals surface area contributed by atoms with Gasteiger partial charge in [-0.1, -0.05) is 32.4 Å². The number of rotatable bonds is 5. The number of aliphatic carboxylic acids is 1. The van der Waals surface area contributed by atoms with Crippen molar-refractivity contribution in [3.05, 3.63) is 41.2 Å². The molecule has 0 saturated carbocycles. The number of aromatic amines is 1. The topological polar surface area (TPSA) is 90.9 Å². The highest BCUT2D eigenvalue weighted by Crippen LogP contribution is 2.32. The molecule has 28 heavy (non-hydrogen) atoms. The van der Waals surface area contributed by atoms with Gasteiger partial charge in [-0.25, -0.2) is 18.7 Å². The predicted molar refractivity (Wildman–Crippen MR) is 103 cm³/mol. The Balaban J connectivity index is 2.04. The molecule has 0 spiro atoms. The van der Waals surface area contributed by atoms with Gasteiger partial charge in [-0.2, -0.15) is 0 Å². The number of carbonyl (C=O) groups is 1. The molecule has 3 N–H and O–H groups in total. The first-order valence-electron chi connectivity index (χ1n) is 8.53. The zero-order chi connectivity index (χ0) is 20.6. The maximum atomic E-state index is 14.3. The number of H-pyrrole nitrogens is 1. The number of nitrogens with one attached hydrogen (secondary N) is 2. The van der Waals surface area contributed by atoms with Crippen molar-refractivity contribution in [1.29, 1.82) is 0 Å². The number of carboxylic acid groups (broad SMARTS) is 1. The predicted octanol–water partition coefficient (Wildman–Crippen LogP) is 4.86. The van der Waals surface area contributed by atoms with Crippen LogP contribution in [0.2, 0.25) is 5.02 Å². The molecule has 148 valence electrons. The van der Waals surface area contributed by atoms with Crippen LogP contribution in [0.5, 0.6) is 0 Å². The van der Waals surface area contributed by atoms with Crippen LogP contribution in [0.3, 0.4) is 0 Å². The van der Waals surface area contributed by atoms with Crippen LogP contribution < -0.4 is 5.32 Å². The number of aromatic nitrogens is 3. The van der Waals surface area contributed by atoms with Gasteiger partial charge in [0.1, 0.15) is 5.82 Å². The molecule has 6 nitrogen and oxygen atoms in total. The number of carboxylic acids is 1. The summed E-state index contributed by atoms with van der Waals surface area (Å²) < 4.78 is 28.4. The molecule has 1 aromatic carbocycles. The molecule has 3 rings (SSSR count). The van der Waals surface area contributed by atoms with Crippen LogP contribution in [0.15, 0.2) is 24.5 Å². The molecule has 0 saturated heterocycles. The Labute approximate surface area is 165 Å². The molecule has 0 radical (unpaired) electrons. The maximum Gasteiger partial charge on any atom is 0.305 e. The summed E-state index contributed by atoms with van der Waals surface area (Å²) in [5.74, 6) is -2.22. The Morgan fingerprint density at radius 1 is 1.32 bits per heavy atom. The Hall–Kier alpha value is -2.74. The molecular formula is C19H19ClF2N4O2. The van der Waals surface area contributed by atoms with Gasteiger partial charge >= 0.3 is 5.97 Å². The lowest BCUT2D eigenvalue weighted by molar-refractivity contribution is -0.137. The normalized spacial score (nSPS) is 12.9. The number of fused-ring (bicyclic) bond motifs is 1. The molecule has 2 heterocycles. The lowest BCUT2D eigenvalue weighted by atomic mass is 9.85. The van der Waals surface area contributed by atoms with Crippen LogP contribution in [-0.2, 0) is 4.79 Å². The lowest BCUT2D eigenvalue weighted by Gasteiger charge is -2.30. The number of halogens is 3. The third-order valence-electron chi connectivity index (χ3n) is 4.43. The van der Waals surface area contributed by atoms with Crippen molar-refractivity contribution in [2.75, 3.05) is 5.32 Å². The van der Waals surface area contributed by atoms with Crippen LogP contribution >= 0.6 is 11.6 Å². The Morgan fingerprint density at radius 3 is 2.68 bits per heavy atom. The van der Waals surface area contributed by atoms with Crippen LogP contribution in [-0.4, -0.2) is 32.1 Å². The van der Waals surface area contributed by atoms with Crippen molar-refractivity contribution in [1.82, 2.24) is 15.0 Å². The summed E-state index contributed by atoms with van der Waals surface area (Å²) in [7, 11) is 0. The van der Waals surface area contributed by atoms with Gasteiger partial charge in [-0.05, 0) is 17.5 Å². The molecule has 0 aliphatic rings. The summed E-state index contributed by atoms with van der Waals surface area (Å²) in [5.41, 5.74) is 0.221. The summed E-state index contributed by atoms with van der Waals surface area (Å²) in [6.07, 6.45) is 2.29. The first kappa shape index (κ1) is 20.0. The maximum absolute atomic E-state index is 14.3. The fraction of sp³-hybridized carbons (Fsp3) is 0.316. The third-order valence-corrected chi connectivity index (χ3v) is 4.64. The molecule has 0 amide bonds. The number of hydrogen-bond donors (Lipinski definition) is 3. The summed E-state index contributed by atoms with van der Waals surface area (Å²) in [5, 5.41) is 12.7. The third kappa shape index (κ3) is 4.06. The SMILES string of the molecule is CC(C)(C)[C@H](CC(=O)O)Nc1nc(-c2c[nH]c3c(F)cc(Cl)cc23)ncc1F. The van der Waals surface area contributed by atoms with Crippen LogP contribution in [0.1, 0.15) is 27.2 Å². The Kier molecular flexibility index (Phi) is 5.25. The average molecular weight is 409 g/mol. The Morgan fingerprint density at radius 2 is 2.04 bits per heavy atom. The van der Waals surface area contributed by atoms with Crippen molar-refractivity contribution < 1.29 is 18.7 Å². The molecule has 3 aromatic rings. The van der Waals surface area contributed by atoms with E-state index in [4.69, 9.17) is 16.7 Å². The molecular weight excluding hydrogens is 390 g/mol. The molecule has 0 unspecified atom stereocenters. The van der Waals surface area contributed by atoms with E-state index in [1.54, 1.807) is 6.07 Å². The smallest absolute Gasteiger partial charge is 0.305 e. The molecule has 0 fully saturated rings. The fourth-order valence-electron chi connectivity index (χ4n) is 2.85. The van der Waals surface area contributed by atoms with Gasteiger partial charge in [0.2, 0.25) is 0 Å². The number of nitrogens with zero attached hydrogens (tertiary/aromatic N) is 2. The molecule has 0 aliphatic heterocycles. The summed E-state index contributed by atoms with van der Waals surface area (Å²) in [6.45, 7) is 5.54. The van der Waals surface area contributed by atoms with Crippen molar-refractivity contribution in [3.63, 3.8) is 0 Å². The van der Waals surface area contributed by atoms with Crippen molar-refractivity contribution >= 4 is 34.3 Å². The molecule has 0 bridgehead atoms.